The Labute approximate surface area is 128 Å². The zero-order valence-corrected chi connectivity index (χ0v) is 14.4. The first-order chi connectivity index (χ1) is 9.74. The van der Waals surface area contributed by atoms with Crippen LogP contribution in [-0.4, -0.2) is 6.61 Å². The van der Waals surface area contributed by atoms with Crippen LogP contribution < -0.4 is 0 Å². The molecule has 0 N–H and O–H groups in total. The topological polar surface area (TPSA) is 9.23 Å². The van der Waals surface area contributed by atoms with Gasteiger partial charge in [0.1, 0.15) is 0 Å². The predicted molar refractivity (Wildman–Crippen MR) is 91.0 cm³/mol. The minimum Gasteiger partial charge on any atom is -0.499 e. The molecule has 0 aromatic heterocycles. The molecule has 20 heavy (non-hydrogen) atoms. The van der Waals surface area contributed by atoms with Crippen molar-refractivity contribution in [1.82, 2.24) is 0 Å². The number of hydrogen-bond acceptors (Lipinski definition) is 1. The molecule has 0 aliphatic carbocycles. The second kappa shape index (κ2) is 14.9. The van der Waals surface area contributed by atoms with Gasteiger partial charge in [-0.25, -0.2) is 0 Å². The van der Waals surface area contributed by atoms with Gasteiger partial charge < -0.3 is 4.74 Å². The van der Waals surface area contributed by atoms with E-state index in [0.717, 1.165) is 24.7 Å². The molecule has 0 aromatic carbocycles. The van der Waals surface area contributed by atoms with Crippen molar-refractivity contribution in [1.29, 1.82) is 0 Å². The fourth-order valence-electron chi connectivity index (χ4n) is 2.66. The third kappa shape index (κ3) is 12.6. The molecule has 0 bridgehead atoms. The zero-order chi connectivity index (χ0) is 15.1. The van der Waals surface area contributed by atoms with E-state index in [4.69, 9.17) is 4.74 Å². The summed E-state index contributed by atoms with van der Waals surface area (Å²) in [6.07, 6.45) is 15.6. The quantitative estimate of drug-likeness (QED) is 0.235. The van der Waals surface area contributed by atoms with Crippen LogP contribution in [-0.2, 0) is 4.74 Å². The van der Waals surface area contributed by atoms with Crippen LogP contribution in [0.15, 0.2) is 12.3 Å². The summed E-state index contributed by atoms with van der Waals surface area (Å²) in [5.41, 5.74) is 0. The van der Waals surface area contributed by atoms with Gasteiger partial charge in [-0.15, -0.1) is 0 Å². The molecule has 0 saturated carbocycles. The van der Waals surface area contributed by atoms with Crippen molar-refractivity contribution < 1.29 is 4.74 Å². The SMILES string of the molecule is C=C(CC(CCCCC)CCCCC)OCCCCC. The van der Waals surface area contributed by atoms with Crippen molar-refractivity contribution in [2.75, 3.05) is 6.61 Å². The molecule has 0 rings (SSSR count). The first-order valence-corrected chi connectivity index (χ1v) is 9.05. The van der Waals surface area contributed by atoms with Crippen molar-refractivity contribution in [3.63, 3.8) is 0 Å². The van der Waals surface area contributed by atoms with Crippen molar-refractivity contribution in [3.8, 4) is 0 Å². The Bertz CT molecular complexity index is 200. The average molecular weight is 283 g/mol. The van der Waals surface area contributed by atoms with E-state index in [1.54, 1.807) is 0 Å². The van der Waals surface area contributed by atoms with Gasteiger partial charge in [-0.2, -0.15) is 0 Å². The maximum absolute atomic E-state index is 5.79. The largest absolute Gasteiger partial charge is 0.499 e. The van der Waals surface area contributed by atoms with Crippen LogP contribution in [0.4, 0.5) is 0 Å². The minimum atomic E-state index is 0.798. The lowest BCUT2D eigenvalue weighted by molar-refractivity contribution is 0.183. The Morgan fingerprint density at radius 2 is 1.30 bits per heavy atom. The summed E-state index contributed by atoms with van der Waals surface area (Å²) >= 11 is 0. The van der Waals surface area contributed by atoms with E-state index in [0.29, 0.717) is 0 Å². The number of rotatable bonds is 15. The molecule has 0 fully saturated rings. The van der Waals surface area contributed by atoms with Crippen LogP contribution in [0.3, 0.4) is 0 Å². The van der Waals surface area contributed by atoms with Gasteiger partial charge in [0.05, 0.1) is 12.4 Å². The Hall–Kier alpha value is -0.460. The van der Waals surface area contributed by atoms with Gasteiger partial charge in [0.25, 0.3) is 0 Å². The highest BCUT2D eigenvalue weighted by molar-refractivity contribution is 4.85. The van der Waals surface area contributed by atoms with Crippen molar-refractivity contribution in [2.45, 2.75) is 97.8 Å². The monoisotopic (exact) mass is 282 g/mol. The molecule has 0 amide bonds. The summed E-state index contributed by atoms with van der Waals surface area (Å²) in [6.45, 7) is 11.8. The van der Waals surface area contributed by atoms with Crippen LogP contribution in [0, 0.1) is 5.92 Å². The average Bonchev–Trinajstić information content (AvgIpc) is 2.44. The maximum Gasteiger partial charge on any atom is 0.0890 e. The van der Waals surface area contributed by atoms with E-state index in [9.17, 15) is 0 Å². The highest BCUT2D eigenvalue weighted by Crippen LogP contribution is 2.24. The standard InChI is InChI=1S/C19H38O/c1-5-8-11-14-19(15-12-9-6-2)17-18(4)20-16-13-10-7-3/h19H,4-17H2,1-3H3. The smallest absolute Gasteiger partial charge is 0.0890 e. The Morgan fingerprint density at radius 3 is 1.80 bits per heavy atom. The molecule has 0 heterocycles. The summed E-state index contributed by atoms with van der Waals surface area (Å²) in [5, 5.41) is 0. The normalized spacial score (nSPS) is 11.0. The molecule has 1 nitrogen and oxygen atoms in total. The Kier molecular flexibility index (Phi) is 14.6. The Morgan fingerprint density at radius 1 is 0.800 bits per heavy atom. The van der Waals surface area contributed by atoms with Crippen LogP contribution in [0.25, 0.3) is 0 Å². The highest BCUT2D eigenvalue weighted by atomic mass is 16.5. The molecule has 0 aliphatic heterocycles. The number of ether oxygens (including phenoxy) is 1. The number of unbranched alkanes of at least 4 members (excludes halogenated alkanes) is 6. The summed E-state index contributed by atoms with van der Waals surface area (Å²) in [5.74, 6) is 1.82. The molecule has 0 atom stereocenters. The van der Waals surface area contributed by atoms with Crippen LogP contribution in [0.1, 0.15) is 97.8 Å². The van der Waals surface area contributed by atoms with E-state index in [1.807, 2.05) is 0 Å². The van der Waals surface area contributed by atoms with Crippen LogP contribution in [0.5, 0.6) is 0 Å². The third-order valence-electron chi connectivity index (χ3n) is 4.00. The second-order valence-corrected chi connectivity index (χ2v) is 6.16. The number of allylic oxidation sites excluding steroid dienone is 1. The fourth-order valence-corrected chi connectivity index (χ4v) is 2.66. The first-order valence-electron chi connectivity index (χ1n) is 9.05. The summed E-state index contributed by atoms with van der Waals surface area (Å²) in [6, 6.07) is 0. The zero-order valence-electron chi connectivity index (χ0n) is 14.4. The van der Waals surface area contributed by atoms with E-state index in [-0.39, 0.29) is 0 Å². The van der Waals surface area contributed by atoms with E-state index in [1.165, 1.54) is 70.6 Å². The van der Waals surface area contributed by atoms with E-state index >= 15 is 0 Å². The summed E-state index contributed by atoms with van der Waals surface area (Å²) < 4.78 is 5.79. The highest BCUT2D eigenvalue weighted by Gasteiger charge is 2.11. The van der Waals surface area contributed by atoms with E-state index < -0.39 is 0 Å². The van der Waals surface area contributed by atoms with Crippen molar-refractivity contribution in [2.24, 2.45) is 5.92 Å². The molecule has 0 radical (unpaired) electrons. The lowest BCUT2D eigenvalue weighted by Crippen LogP contribution is -2.05. The lowest BCUT2D eigenvalue weighted by Gasteiger charge is -2.18. The molecule has 0 saturated heterocycles. The first kappa shape index (κ1) is 19.5. The lowest BCUT2D eigenvalue weighted by atomic mass is 9.91. The molecular weight excluding hydrogens is 244 g/mol. The molecule has 120 valence electrons. The molecule has 1 heteroatoms. The van der Waals surface area contributed by atoms with Crippen LogP contribution in [0.2, 0.25) is 0 Å². The summed E-state index contributed by atoms with van der Waals surface area (Å²) in [4.78, 5) is 0. The van der Waals surface area contributed by atoms with Gasteiger partial charge >= 0.3 is 0 Å². The van der Waals surface area contributed by atoms with Crippen molar-refractivity contribution >= 4 is 0 Å². The maximum atomic E-state index is 5.79. The van der Waals surface area contributed by atoms with Gasteiger partial charge in [-0.05, 0) is 12.3 Å². The summed E-state index contributed by atoms with van der Waals surface area (Å²) in [7, 11) is 0. The Balaban J connectivity index is 3.88. The molecular formula is C19H38O. The fraction of sp³-hybridized carbons (Fsp3) is 0.895. The van der Waals surface area contributed by atoms with Gasteiger partial charge in [0.15, 0.2) is 0 Å². The molecule has 0 spiro atoms. The van der Waals surface area contributed by atoms with Gasteiger partial charge in [-0.1, -0.05) is 91.6 Å². The van der Waals surface area contributed by atoms with Gasteiger partial charge in [0, 0.05) is 6.42 Å². The molecule has 0 aliphatic rings. The number of hydrogen-bond donors (Lipinski definition) is 0. The van der Waals surface area contributed by atoms with Gasteiger partial charge in [-0.3, -0.25) is 0 Å². The molecule has 0 unspecified atom stereocenters. The third-order valence-corrected chi connectivity index (χ3v) is 4.00. The predicted octanol–water partition coefficient (Wildman–Crippen LogP) is 6.87. The van der Waals surface area contributed by atoms with Crippen molar-refractivity contribution in [3.05, 3.63) is 12.3 Å². The minimum absolute atomic E-state index is 0.798. The second-order valence-electron chi connectivity index (χ2n) is 6.16. The van der Waals surface area contributed by atoms with E-state index in [2.05, 4.69) is 27.4 Å². The molecule has 0 aromatic rings. The van der Waals surface area contributed by atoms with Crippen LogP contribution >= 0.6 is 0 Å². The van der Waals surface area contributed by atoms with Gasteiger partial charge in [0.2, 0.25) is 0 Å².